The molecule has 0 radical (unpaired) electrons. The van der Waals surface area contributed by atoms with E-state index in [9.17, 15) is 10.1 Å². The summed E-state index contributed by atoms with van der Waals surface area (Å²) in [4.78, 5) is 21.8. The van der Waals surface area contributed by atoms with Crippen LogP contribution in [-0.4, -0.2) is 22.5 Å². The number of nitrogens with zero attached hydrogens (tertiary/aromatic N) is 3. The maximum absolute atomic E-state index is 13.0. The fourth-order valence-corrected chi connectivity index (χ4v) is 5.38. The van der Waals surface area contributed by atoms with Crippen LogP contribution in [0, 0.1) is 17.2 Å². The Bertz CT molecular complexity index is 1570. The lowest BCUT2D eigenvalue weighted by atomic mass is 9.87. The molecule has 1 amide bonds. The smallest absolute Gasteiger partial charge is 0.224 e. The summed E-state index contributed by atoms with van der Waals surface area (Å²) in [5.41, 5.74) is 3.55. The summed E-state index contributed by atoms with van der Waals surface area (Å²) in [6.07, 6.45) is 9.49. The number of aromatic nitrogens is 2. The number of hydrogen-bond donors (Lipinski definition) is 2. The number of ether oxygens (including phenoxy) is 2. The van der Waals surface area contributed by atoms with Gasteiger partial charge in [0.2, 0.25) is 5.91 Å². The molecular formula is C32H32ClN5O3. The van der Waals surface area contributed by atoms with Gasteiger partial charge < -0.3 is 20.1 Å². The Morgan fingerprint density at radius 1 is 1.07 bits per heavy atom. The number of hydrogen-bond acceptors (Lipinski definition) is 7. The van der Waals surface area contributed by atoms with Crippen LogP contribution in [0.25, 0.3) is 10.9 Å². The third kappa shape index (κ3) is 7.05. The Morgan fingerprint density at radius 2 is 1.93 bits per heavy atom. The zero-order valence-electron chi connectivity index (χ0n) is 23.0. The molecule has 210 valence electrons. The molecule has 0 unspecified atom stereocenters. The Kier molecular flexibility index (Phi) is 9.17. The Labute approximate surface area is 244 Å². The molecule has 2 aromatic heterocycles. The number of amides is 1. The van der Waals surface area contributed by atoms with Crippen LogP contribution < -0.4 is 20.1 Å². The molecule has 1 fully saturated rings. The lowest BCUT2D eigenvalue weighted by molar-refractivity contribution is -0.117. The zero-order valence-corrected chi connectivity index (χ0v) is 23.7. The predicted octanol–water partition coefficient (Wildman–Crippen LogP) is 7.79. The minimum Gasteiger partial charge on any atom is -0.492 e. The van der Waals surface area contributed by atoms with E-state index in [1.165, 1.54) is 25.5 Å². The topological polar surface area (TPSA) is 109 Å². The molecule has 5 rings (SSSR count). The summed E-state index contributed by atoms with van der Waals surface area (Å²) in [6, 6.07) is 16.8. The molecule has 0 saturated heterocycles. The van der Waals surface area contributed by atoms with Gasteiger partial charge in [0.1, 0.15) is 24.2 Å². The predicted molar refractivity (Wildman–Crippen MR) is 161 cm³/mol. The summed E-state index contributed by atoms with van der Waals surface area (Å²) < 4.78 is 11.7. The van der Waals surface area contributed by atoms with Crippen LogP contribution in [0.1, 0.15) is 56.7 Å². The Hall–Kier alpha value is -4.35. The molecule has 0 atom stereocenters. The van der Waals surface area contributed by atoms with Gasteiger partial charge in [-0.25, -0.2) is 0 Å². The third-order valence-electron chi connectivity index (χ3n) is 7.17. The van der Waals surface area contributed by atoms with E-state index in [0.29, 0.717) is 69.0 Å². The molecule has 2 aromatic carbocycles. The maximum atomic E-state index is 13.0. The lowest BCUT2D eigenvalue weighted by Gasteiger charge is -2.21. The molecular weight excluding hydrogens is 538 g/mol. The molecule has 1 aliphatic carbocycles. The van der Waals surface area contributed by atoms with Gasteiger partial charge in [0.25, 0.3) is 0 Å². The van der Waals surface area contributed by atoms with Gasteiger partial charge in [-0.15, -0.1) is 0 Å². The third-order valence-corrected chi connectivity index (χ3v) is 7.46. The number of carbonyl (C=O) groups excluding carboxylic acids is 1. The van der Waals surface area contributed by atoms with E-state index in [-0.39, 0.29) is 12.5 Å². The quantitative estimate of drug-likeness (QED) is 0.200. The minimum atomic E-state index is -0.0378. The maximum Gasteiger partial charge on any atom is 0.224 e. The van der Waals surface area contributed by atoms with E-state index in [0.717, 1.165) is 18.5 Å². The van der Waals surface area contributed by atoms with Crippen molar-refractivity contribution in [1.29, 1.82) is 5.26 Å². The van der Waals surface area contributed by atoms with E-state index in [4.69, 9.17) is 21.1 Å². The average molecular weight is 570 g/mol. The fraction of sp³-hybridized carbons (Fsp3) is 0.312. The van der Waals surface area contributed by atoms with Crippen molar-refractivity contribution in [3.05, 3.63) is 77.2 Å². The molecule has 0 bridgehead atoms. The van der Waals surface area contributed by atoms with E-state index >= 15 is 0 Å². The van der Waals surface area contributed by atoms with Gasteiger partial charge >= 0.3 is 0 Å². The van der Waals surface area contributed by atoms with Gasteiger partial charge in [0.05, 0.1) is 39.8 Å². The fourth-order valence-electron chi connectivity index (χ4n) is 5.14. The van der Waals surface area contributed by atoms with E-state index in [2.05, 4.69) is 26.7 Å². The number of halogens is 1. The largest absolute Gasteiger partial charge is 0.492 e. The molecule has 0 spiro atoms. The van der Waals surface area contributed by atoms with Crippen molar-refractivity contribution in [2.45, 2.75) is 52.1 Å². The monoisotopic (exact) mass is 569 g/mol. The summed E-state index contributed by atoms with van der Waals surface area (Å²) in [5.74, 6) is 1.43. The summed E-state index contributed by atoms with van der Waals surface area (Å²) in [7, 11) is 0. The molecule has 9 heteroatoms. The molecule has 2 N–H and O–H groups in total. The summed E-state index contributed by atoms with van der Waals surface area (Å²) >= 11 is 6.54. The highest BCUT2D eigenvalue weighted by atomic mass is 35.5. The molecule has 1 saturated carbocycles. The molecule has 8 nitrogen and oxygen atoms in total. The van der Waals surface area contributed by atoms with Crippen molar-refractivity contribution < 1.29 is 14.3 Å². The van der Waals surface area contributed by atoms with Gasteiger partial charge in [-0.1, -0.05) is 36.9 Å². The SMILES string of the molecule is CCOc1cc2ncc(C#N)c(Nc3ccc(OCc4ccccn4)c(Cl)c3)c2cc1NC(=O)CC1CCCCC1. The first-order chi connectivity index (χ1) is 20.0. The second kappa shape index (κ2) is 13.3. The van der Waals surface area contributed by atoms with Gasteiger partial charge in [-0.2, -0.15) is 5.26 Å². The van der Waals surface area contributed by atoms with E-state index in [1.54, 1.807) is 24.4 Å². The highest BCUT2D eigenvalue weighted by Gasteiger charge is 2.20. The average Bonchev–Trinajstić information content (AvgIpc) is 2.98. The van der Waals surface area contributed by atoms with Crippen LogP contribution in [0.4, 0.5) is 17.1 Å². The number of carbonyl (C=O) groups is 1. The van der Waals surface area contributed by atoms with Crippen molar-refractivity contribution in [2.75, 3.05) is 17.2 Å². The first-order valence-electron chi connectivity index (χ1n) is 13.9. The highest BCUT2D eigenvalue weighted by Crippen LogP contribution is 2.38. The summed E-state index contributed by atoms with van der Waals surface area (Å²) in [6.45, 7) is 2.62. The number of nitrogens with one attached hydrogen (secondary N) is 2. The first-order valence-corrected chi connectivity index (χ1v) is 14.3. The van der Waals surface area contributed by atoms with Crippen molar-refractivity contribution >= 4 is 45.5 Å². The minimum absolute atomic E-state index is 0.0378. The standard InChI is InChI=1S/C32H32ClN5O3/c1-2-40-30-17-27-25(16-28(30)38-31(39)14-21-8-4-3-5-9-21)32(22(18-34)19-36-27)37-23-11-12-29(26(33)15-23)41-20-24-10-6-7-13-35-24/h6-7,10-13,15-17,19,21H,2-5,8-9,14,20H2,1H3,(H,36,37)(H,38,39). The van der Waals surface area contributed by atoms with Gasteiger partial charge in [0, 0.05) is 36.0 Å². The second-order valence-electron chi connectivity index (χ2n) is 10.1. The van der Waals surface area contributed by atoms with E-state index in [1.807, 2.05) is 37.3 Å². The number of rotatable bonds is 10. The van der Waals surface area contributed by atoms with E-state index < -0.39 is 0 Å². The molecule has 2 heterocycles. The van der Waals surface area contributed by atoms with Crippen LogP contribution in [0.5, 0.6) is 11.5 Å². The van der Waals surface area contributed by atoms with Crippen LogP contribution in [0.15, 0.2) is 60.9 Å². The normalized spacial score (nSPS) is 13.4. The van der Waals surface area contributed by atoms with Crippen LogP contribution in [0.2, 0.25) is 5.02 Å². The first kappa shape index (κ1) is 28.2. The highest BCUT2D eigenvalue weighted by molar-refractivity contribution is 6.32. The van der Waals surface area contributed by atoms with Crippen molar-refractivity contribution in [3.63, 3.8) is 0 Å². The zero-order chi connectivity index (χ0) is 28.6. The lowest BCUT2D eigenvalue weighted by Crippen LogP contribution is -2.18. The van der Waals surface area contributed by atoms with Gasteiger partial charge in [-0.05, 0) is 62.1 Å². The molecule has 4 aromatic rings. The number of pyridine rings is 2. The molecule has 1 aliphatic rings. The number of fused-ring (bicyclic) bond motifs is 1. The summed E-state index contributed by atoms with van der Waals surface area (Å²) in [5, 5.41) is 17.4. The number of anilines is 3. The van der Waals surface area contributed by atoms with Crippen molar-refractivity contribution in [1.82, 2.24) is 9.97 Å². The van der Waals surface area contributed by atoms with Crippen LogP contribution in [0.3, 0.4) is 0 Å². The van der Waals surface area contributed by atoms with Crippen molar-refractivity contribution in [2.24, 2.45) is 5.92 Å². The van der Waals surface area contributed by atoms with Crippen molar-refractivity contribution in [3.8, 4) is 17.6 Å². The van der Waals surface area contributed by atoms with Gasteiger partial charge in [0.15, 0.2) is 0 Å². The second-order valence-corrected chi connectivity index (χ2v) is 10.5. The molecule has 0 aliphatic heterocycles. The number of nitriles is 1. The van der Waals surface area contributed by atoms with Crippen LogP contribution in [-0.2, 0) is 11.4 Å². The number of benzene rings is 2. The Balaban J connectivity index is 1.42. The van der Waals surface area contributed by atoms with Crippen LogP contribution >= 0.6 is 11.6 Å². The Morgan fingerprint density at radius 3 is 2.66 bits per heavy atom. The van der Waals surface area contributed by atoms with Gasteiger partial charge in [-0.3, -0.25) is 14.8 Å². The molecule has 41 heavy (non-hydrogen) atoms.